The zero-order valence-electron chi connectivity index (χ0n) is 13.1. The highest BCUT2D eigenvalue weighted by Gasteiger charge is 2.13. The molecule has 6 heteroatoms. The first kappa shape index (κ1) is 15.9. The van der Waals surface area contributed by atoms with E-state index in [1.165, 1.54) is 6.20 Å². The van der Waals surface area contributed by atoms with Gasteiger partial charge in [0.25, 0.3) is 0 Å². The molecule has 6 nitrogen and oxygen atoms in total. The molecular weight excluding hydrogens is 312 g/mol. The average molecular weight is 324 g/mol. The van der Waals surface area contributed by atoms with Gasteiger partial charge in [-0.2, -0.15) is 10.5 Å². The predicted octanol–water partition coefficient (Wildman–Crippen LogP) is 3.55. The first-order chi connectivity index (χ1) is 12.3. The van der Waals surface area contributed by atoms with Gasteiger partial charge in [-0.1, -0.05) is 60.7 Å². The van der Waals surface area contributed by atoms with Crippen LogP contribution in [0, 0.1) is 22.7 Å². The second-order valence-corrected chi connectivity index (χ2v) is 4.99. The van der Waals surface area contributed by atoms with E-state index in [1.54, 1.807) is 12.1 Å². The summed E-state index contributed by atoms with van der Waals surface area (Å²) in [7, 11) is 0. The van der Waals surface area contributed by atoms with Gasteiger partial charge in [0.05, 0.1) is 0 Å². The minimum Gasteiger partial charge on any atom is -0.327 e. The molecule has 1 heterocycles. The molecule has 0 bridgehead atoms. The summed E-state index contributed by atoms with van der Waals surface area (Å²) in [6.07, 6.45) is 1.26. The zero-order chi connectivity index (χ0) is 17.5. The molecule has 0 fully saturated rings. The summed E-state index contributed by atoms with van der Waals surface area (Å²) < 4.78 is 0. The lowest BCUT2D eigenvalue weighted by molar-refractivity contribution is 0.989. The van der Waals surface area contributed by atoms with E-state index in [4.69, 9.17) is 10.5 Å². The quantitative estimate of drug-likeness (QED) is 0.737. The van der Waals surface area contributed by atoms with Gasteiger partial charge in [0, 0.05) is 17.3 Å². The van der Waals surface area contributed by atoms with Crippen molar-refractivity contribution in [3.8, 4) is 34.7 Å². The number of nitrogens with zero attached hydrogens (tertiary/aromatic N) is 5. The van der Waals surface area contributed by atoms with E-state index < -0.39 is 0 Å². The number of hydrogen-bond donors (Lipinski definition) is 1. The third kappa shape index (κ3) is 3.66. The van der Waals surface area contributed by atoms with E-state index in [2.05, 4.69) is 20.5 Å². The van der Waals surface area contributed by atoms with Crippen molar-refractivity contribution in [2.24, 2.45) is 0 Å². The van der Waals surface area contributed by atoms with Crippen LogP contribution in [0.4, 0.5) is 5.95 Å². The third-order valence-corrected chi connectivity index (χ3v) is 3.37. The largest absolute Gasteiger partial charge is 0.327 e. The number of benzene rings is 2. The molecular formula is C19H12N6. The van der Waals surface area contributed by atoms with Crippen LogP contribution in [0.3, 0.4) is 0 Å². The van der Waals surface area contributed by atoms with Crippen molar-refractivity contribution in [3.63, 3.8) is 0 Å². The van der Waals surface area contributed by atoms with Crippen molar-refractivity contribution in [1.82, 2.24) is 15.2 Å². The van der Waals surface area contributed by atoms with Gasteiger partial charge in [0.2, 0.25) is 5.95 Å². The standard InChI is InChI=1S/C19H12N6/c20-11-14(12-21)13-22-19-23-17(15-7-3-1-4-8-15)18(24-25-19)16-9-5-2-6-10-16/h1-10,13H,(H,22,23,25). The minimum atomic E-state index is -0.0722. The number of allylic oxidation sites excluding steroid dienone is 1. The summed E-state index contributed by atoms with van der Waals surface area (Å²) in [5, 5.41) is 28.7. The van der Waals surface area contributed by atoms with Crippen LogP contribution < -0.4 is 5.32 Å². The molecule has 0 aliphatic carbocycles. The van der Waals surface area contributed by atoms with E-state index in [-0.39, 0.29) is 11.5 Å². The van der Waals surface area contributed by atoms with Gasteiger partial charge < -0.3 is 5.32 Å². The van der Waals surface area contributed by atoms with Crippen LogP contribution in [0.25, 0.3) is 22.5 Å². The number of hydrogen-bond acceptors (Lipinski definition) is 6. The van der Waals surface area contributed by atoms with Gasteiger partial charge in [0.15, 0.2) is 0 Å². The Bertz CT molecular complexity index is 966. The SMILES string of the molecule is N#CC(C#N)=CNc1nnc(-c2ccccc2)c(-c2ccccc2)n1. The minimum absolute atomic E-state index is 0.0722. The van der Waals surface area contributed by atoms with E-state index in [1.807, 2.05) is 60.7 Å². The molecule has 3 rings (SSSR count). The van der Waals surface area contributed by atoms with Gasteiger partial charge in [-0.05, 0) is 0 Å². The number of nitrogens with one attached hydrogen (secondary N) is 1. The average Bonchev–Trinajstić information content (AvgIpc) is 2.70. The molecule has 0 unspecified atom stereocenters. The molecule has 0 aliphatic heterocycles. The maximum absolute atomic E-state index is 8.79. The lowest BCUT2D eigenvalue weighted by atomic mass is 10.0. The normalized spacial score (nSPS) is 9.52. The maximum Gasteiger partial charge on any atom is 0.247 e. The van der Waals surface area contributed by atoms with Crippen molar-refractivity contribution in [2.45, 2.75) is 0 Å². The summed E-state index contributed by atoms with van der Waals surface area (Å²) in [6, 6.07) is 22.8. The van der Waals surface area contributed by atoms with Crippen molar-refractivity contribution in [3.05, 3.63) is 72.4 Å². The molecule has 0 saturated carbocycles. The molecule has 0 saturated heterocycles. The number of aromatic nitrogens is 3. The second kappa shape index (κ2) is 7.49. The van der Waals surface area contributed by atoms with Crippen LogP contribution in [0.2, 0.25) is 0 Å². The van der Waals surface area contributed by atoms with Crippen LogP contribution in [0.15, 0.2) is 72.4 Å². The lowest BCUT2D eigenvalue weighted by Crippen LogP contribution is -2.03. The molecule has 0 amide bonds. The van der Waals surface area contributed by atoms with E-state index in [0.717, 1.165) is 11.1 Å². The molecule has 25 heavy (non-hydrogen) atoms. The first-order valence-electron chi connectivity index (χ1n) is 7.44. The van der Waals surface area contributed by atoms with Crippen molar-refractivity contribution in [2.75, 3.05) is 5.32 Å². The van der Waals surface area contributed by atoms with Gasteiger partial charge in [-0.3, -0.25) is 0 Å². The Kier molecular flexibility index (Phi) is 4.75. The van der Waals surface area contributed by atoms with E-state index in [0.29, 0.717) is 11.4 Å². The number of rotatable bonds is 4. The molecule has 0 spiro atoms. The summed E-state index contributed by atoms with van der Waals surface area (Å²) in [4.78, 5) is 4.51. The maximum atomic E-state index is 8.79. The summed E-state index contributed by atoms with van der Waals surface area (Å²) >= 11 is 0. The van der Waals surface area contributed by atoms with Gasteiger partial charge in [-0.15, -0.1) is 10.2 Å². The second-order valence-electron chi connectivity index (χ2n) is 4.99. The molecule has 0 atom stereocenters. The van der Waals surface area contributed by atoms with Gasteiger partial charge in [-0.25, -0.2) is 4.98 Å². The van der Waals surface area contributed by atoms with Gasteiger partial charge in [0.1, 0.15) is 29.1 Å². The van der Waals surface area contributed by atoms with Crippen LogP contribution in [-0.2, 0) is 0 Å². The molecule has 1 N–H and O–H groups in total. The smallest absolute Gasteiger partial charge is 0.247 e. The Morgan fingerprint density at radius 1 is 0.800 bits per heavy atom. The fraction of sp³-hybridized carbons (Fsp3) is 0. The fourth-order valence-electron chi connectivity index (χ4n) is 2.20. The fourth-order valence-corrected chi connectivity index (χ4v) is 2.20. The Labute approximate surface area is 144 Å². The van der Waals surface area contributed by atoms with Crippen LogP contribution >= 0.6 is 0 Å². The van der Waals surface area contributed by atoms with E-state index >= 15 is 0 Å². The summed E-state index contributed by atoms with van der Waals surface area (Å²) in [5.74, 6) is 0.210. The highest BCUT2D eigenvalue weighted by atomic mass is 15.2. The topological polar surface area (TPSA) is 98.3 Å². The highest BCUT2D eigenvalue weighted by Crippen LogP contribution is 2.28. The van der Waals surface area contributed by atoms with Crippen molar-refractivity contribution >= 4 is 5.95 Å². The van der Waals surface area contributed by atoms with Gasteiger partial charge >= 0.3 is 0 Å². The lowest BCUT2D eigenvalue weighted by Gasteiger charge is -2.09. The predicted molar refractivity (Wildman–Crippen MR) is 93.6 cm³/mol. The molecule has 0 radical (unpaired) electrons. The molecule has 0 aliphatic rings. The van der Waals surface area contributed by atoms with Crippen LogP contribution in [0.1, 0.15) is 0 Å². The Hall–Kier alpha value is -4.03. The van der Waals surface area contributed by atoms with E-state index in [9.17, 15) is 0 Å². The van der Waals surface area contributed by atoms with Crippen LogP contribution in [0.5, 0.6) is 0 Å². The van der Waals surface area contributed by atoms with Crippen LogP contribution in [-0.4, -0.2) is 15.2 Å². The molecule has 3 aromatic rings. The Balaban J connectivity index is 2.08. The number of anilines is 1. The monoisotopic (exact) mass is 324 g/mol. The first-order valence-corrected chi connectivity index (χ1v) is 7.44. The summed E-state index contributed by atoms with van der Waals surface area (Å²) in [5.41, 5.74) is 3.04. The van der Waals surface area contributed by atoms with Crippen molar-refractivity contribution in [1.29, 1.82) is 10.5 Å². The summed E-state index contributed by atoms with van der Waals surface area (Å²) in [6.45, 7) is 0. The van der Waals surface area contributed by atoms with Crippen molar-refractivity contribution < 1.29 is 0 Å². The number of nitriles is 2. The molecule has 118 valence electrons. The highest BCUT2D eigenvalue weighted by molar-refractivity contribution is 5.78. The third-order valence-electron chi connectivity index (χ3n) is 3.37. The Morgan fingerprint density at radius 3 is 1.92 bits per heavy atom. The molecule has 1 aromatic heterocycles. The Morgan fingerprint density at radius 2 is 1.36 bits per heavy atom. The zero-order valence-corrected chi connectivity index (χ0v) is 13.1. The molecule has 2 aromatic carbocycles.